The lowest BCUT2D eigenvalue weighted by atomic mass is 10.3. The van der Waals surface area contributed by atoms with Crippen molar-refractivity contribution in [1.82, 2.24) is 0 Å². The minimum absolute atomic E-state index is 1.12. The third-order valence-corrected chi connectivity index (χ3v) is 0.981. The van der Waals surface area contributed by atoms with Crippen LogP contribution in [0.25, 0.3) is 0 Å². The van der Waals surface area contributed by atoms with E-state index in [4.69, 9.17) is 0 Å². The van der Waals surface area contributed by atoms with E-state index < -0.39 is 0 Å². The van der Waals surface area contributed by atoms with Gasteiger partial charge in [0.05, 0.1) is 0 Å². The zero-order valence-electron chi connectivity index (χ0n) is 6.54. The molecule has 0 bridgehead atoms. The molecule has 0 rings (SSSR count). The standard InChI is InChI=1S/C9H13N/c1-4-7-10-8-6-9(3)5-2/h4-8H,2H2,1,3H3/b7-4-,9-6-,10-8-. The van der Waals surface area contributed by atoms with Crippen molar-refractivity contribution in [1.29, 1.82) is 0 Å². The van der Waals surface area contributed by atoms with E-state index in [0.29, 0.717) is 0 Å². The molecule has 0 heterocycles. The normalized spacial score (nSPS) is 13.2. The second-order valence-corrected chi connectivity index (χ2v) is 1.90. The number of hydrogen-bond donors (Lipinski definition) is 0. The summed E-state index contributed by atoms with van der Waals surface area (Å²) in [5.74, 6) is 0. The van der Waals surface area contributed by atoms with Crippen LogP contribution in [0.15, 0.2) is 41.6 Å². The molecule has 1 nitrogen and oxygen atoms in total. The third-order valence-electron chi connectivity index (χ3n) is 0.981. The lowest BCUT2D eigenvalue weighted by Crippen LogP contribution is -1.67. The maximum absolute atomic E-state index is 3.95. The van der Waals surface area contributed by atoms with E-state index in [1.54, 1.807) is 18.5 Å². The number of nitrogens with zero attached hydrogens (tertiary/aromatic N) is 1. The Morgan fingerprint density at radius 3 is 2.70 bits per heavy atom. The maximum atomic E-state index is 3.95. The highest BCUT2D eigenvalue weighted by molar-refractivity contribution is 5.73. The largest absolute Gasteiger partial charge is 0.265 e. The van der Waals surface area contributed by atoms with Crippen LogP contribution in [0.3, 0.4) is 0 Å². The SMILES string of the molecule is C=C\C(C)=C/C=N\C=C/C. The summed E-state index contributed by atoms with van der Waals surface area (Å²) in [5.41, 5.74) is 1.12. The molecular weight excluding hydrogens is 122 g/mol. The fourth-order valence-electron chi connectivity index (χ4n) is 0.364. The van der Waals surface area contributed by atoms with Crippen molar-refractivity contribution < 1.29 is 0 Å². The predicted octanol–water partition coefficient (Wildman–Crippen LogP) is 2.72. The number of aliphatic imine (C=N–C) groups is 1. The van der Waals surface area contributed by atoms with Crippen LogP contribution in [0.2, 0.25) is 0 Å². The molecule has 0 atom stereocenters. The molecular formula is C9H13N. The van der Waals surface area contributed by atoms with Crippen molar-refractivity contribution in [2.24, 2.45) is 4.99 Å². The zero-order valence-corrected chi connectivity index (χ0v) is 6.54. The number of rotatable bonds is 3. The van der Waals surface area contributed by atoms with E-state index in [0.717, 1.165) is 5.57 Å². The predicted molar refractivity (Wildman–Crippen MR) is 47.3 cm³/mol. The maximum Gasteiger partial charge on any atom is 0.0270 e. The lowest BCUT2D eigenvalue weighted by molar-refractivity contribution is 1.52. The minimum atomic E-state index is 1.12. The first kappa shape index (κ1) is 8.89. The van der Waals surface area contributed by atoms with Crippen molar-refractivity contribution in [3.05, 3.63) is 36.6 Å². The van der Waals surface area contributed by atoms with Crippen LogP contribution >= 0.6 is 0 Å². The van der Waals surface area contributed by atoms with Crippen LogP contribution in [0.5, 0.6) is 0 Å². The smallest absolute Gasteiger partial charge is 0.0270 e. The Kier molecular flexibility index (Phi) is 5.35. The molecule has 0 radical (unpaired) electrons. The third kappa shape index (κ3) is 5.04. The summed E-state index contributed by atoms with van der Waals surface area (Å²) in [6.45, 7) is 7.52. The molecule has 0 amide bonds. The van der Waals surface area contributed by atoms with E-state index >= 15 is 0 Å². The van der Waals surface area contributed by atoms with Gasteiger partial charge in [0, 0.05) is 12.4 Å². The van der Waals surface area contributed by atoms with Crippen LogP contribution in [0, 0.1) is 0 Å². The van der Waals surface area contributed by atoms with E-state index in [2.05, 4.69) is 11.6 Å². The van der Waals surface area contributed by atoms with Crippen molar-refractivity contribution in [3.8, 4) is 0 Å². The molecule has 0 unspecified atom stereocenters. The molecule has 10 heavy (non-hydrogen) atoms. The minimum Gasteiger partial charge on any atom is -0.265 e. The van der Waals surface area contributed by atoms with Gasteiger partial charge >= 0.3 is 0 Å². The Hall–Kier alpha value is -1.11. The molecule has 0 saturated carbocycles. The summed E-state index contributed by atoms with van der Waals surface area (Å²) in [6, 6.07) is 0. The summed E-state index contributed by atoms with van der Waals surface area (Å²) in [4.78, 5) is 3.95. The van der Waals surface area contributed by atoms with Gasteiger partial charge in [-0.3, -0.25) is 4.99 Å². The molecule has 0 fully saturated rings. The Morgan fingerprint density at radius 1 is 1.50 bits per heavy atom. The van der Waals surface area contributed by atoms with Gasteiger partial charge in [-0.15, -0.1) is 0 Å². The summed E-state index contributed by atoms with van der Waals surface area (Å²) in [7, 11) is 0. The molecule has 54 valence electrons. The van der Waals surface area contributed by atoms with Gasteiger partial charge in [0.15, 0.2) is 0 Å². The van der Waals surface area contributed by atoms with Crippen molar-refractivity contribution in [2.45, 2.75) is 13.8 Å². The first-order valence-electron chi connectivity index (χ1n) is 3.25. The molecule has 0 saturated heterocycles. The second kappa shape index (κ2) is 6.02. The van der Waals surface area contributed by atoms with E-state index in [1.165, 1.54) is 0 Å². The van der Waals surface area contributed by atoms with Gasteiger partial charge in [-0.2, -0.15) is 0 Å². The average molecular weight is 135 g/mol. The van der Waals surface area contributed by atoms with E-state index in [1.807, 2.05) is 26.0 Å². The van der Waals surface area contributed by atoms with Crippen molar-refractivity contribution >= 4 is 6.21 Å². The summed E-state index contributed by atoms with van der Waals surface area (Å²) >= 11 is 0. The van der Waals surface area contributed by atoms with Gasteiger partial charge in [0.1, 0.15) is 0 Å². The van der Waals surface area contributed by atoms with Gasteiger partial charge in [0.2, 0.25) is 0 Å². The van der Waals surface area contributed by atoms with Crippen molar-refractivity contribution in [3.63, 3.8) is 0 Å². The molecule has 0 aliphatic carbocycles. The molecule has 1 heteroatoms. The summed E-state index contributed by atoms with van der Waals surface area (Å²) < 4.78 is 0. The van der Waals surface area contributed by atoms with Crippen LogP contribution in [0.1, 0.15) is 13.8 Å². The molecule has 0 aromatic heterocycles. The topological polar surface area (TPSA) is 12.4 Å². The monoisotopic (exact) mass is 135 g/mol. The Labute approximate surface area is 62.5 Å². The Morgan fingerprint density at radius 2 is 2.20 bits per heavy atom. The fraction of sp³-hybridized carbons (Fsp3) is 0.222. The highest BCUT2D eigenvalue weighted by atomic mass is 14.6. The molecule has 0 aromatic rings. The highest BCUT2D eigenvalue weighted by Crippen LogP contribution is 1.88. The molecule has 0 aliphatic rings. The Bertz CT molecular complexity index is 173. The van der Waals surface area contributed by atoms with E-state index in [-0.39, 0.29) is 0 Å². The van der Waals surface area contributed by atoms with Gasteiger partial charge in [-0.1, -0.05) is 24.3 Å². The molecule has 0 aromatic carbocycles. The summed E-state index contributed by atoms with van der Waals surface area (Å²) in [6.07, 6.45) is 9.08. The Balaban J connectivity index is 3.81. The fourth-order valence-corrected chi connectivity index (χ4v) is 0.364. The molecule has 0 aliphatic heterocycles. The lowest BCUT2D eigenvalue weighted by Gasteiger charge is -1.81. The van der Waals surface area contributed by atoms with Gasteiger partial charge < -0.3 is 0 Å². The zero-order chi connectivity index (χ0) is 7.82. The number of hydrogen-bond acceptors (Lipinski definition) is 1. The first-order chi connectivity index (χ1) is 4.81. The van der Waals surface area contributed by atoms with Crippen LogP contribution in [-0.4, -0.2) is 6.21 Å². The van der Waals surface area contributed by atoms with Gasteiger partial charge in [-0.25, -0.2) is 0 Å². The first-order valence-corrected chi connectivity index (χ1v) is 3.25. The quantitative estimate of drug-likeness (QED) is 0.417. The van der Waals surface area contributed by atoms with Gasteiger partial charge in [0.25, 0.3) is 0 Å². The molecule has 0 N–H and O–H groups in total. The highest BCUT2D eigenvalue weighted by Gasteiger charge is 1.71. The summed E-state index contributed by atoms with van der Waals surface area (Å²) in [5, 5.41) is 0. The van der Waals surface area contributed by atoms with Crippen LogP contribution < -0.4 is 0 Å². The molecule has 0 spiro atoms. The van der Waals surface area contributed by atoms with Crippen molar-refractivity contribution in [2.75, 3.05) is 0 Å². The van der Waals surface area contributed by atoms with E-state index in [9.17, 15) is 0 Å². The second-order valence-electron chi connectivity index (χ2n) is 1.90. The number of allylic oxidation sites excluding steroid dienone is 4. The van der Waals surface area contributed by atoms with Crippen LogP contribution in [0.4, 0.5) is 0 Å². The van der Waals surface area contributed by atoms with Gasteiger partial charge in [-0.05, 0) is 19.9 Å². The van der Waals surface area contributed by atoms with Crippen LogP contribution in [-0.2, 0) is 0 Å². The average Bonchev–Trinajstić information content (AvgIpc) is 1.98.